The second-order valence-corrected chi connectivity index (χ2v) is 17.7. The lowest BCUT2D eigenvalue weighted by atomic mass is 9.92. The molecule has 8 aromatic rings. The third-order valence-corrected chi connectivity index (χ3v) is 12.6. The molecule has 2 amide bonds. The zero-order chi connectivity index (χ0) is 53.4. The number of benzene rings is 6. The number of rotatable bonds is 14. The van der Waals surface area contributed by atoms with Gasteiger partial charge in [0.25, 0.3) is 0 Å². The first-order chi connectivity index (χ1) is 35.3. The van der Waals surface area contributed by atoms with Gasteiger partial charge in [0.1, 0.15) is 23.5 Å². The Morgan fingerprint density at radius 2 is 0.973 bits per heavy atom. The van der Waals surface area contributed by atoms with Crippen LogP contribution in [-0.2, 0) is 22.4 Å². The number of hydrogen-bond donors (Lipinski definition) is 4. The average Bonchev–Trinajstić information content (AvgIpc) is 3.38. The molecule has 6 aromatic carbocycles. The summed E-state index contributed by atoms with van der Waals surface area (Å²) in [4.78, 5) is 49.0. The van der Waals surface area contributed by atoms with E-state index in [1.54, 1.807) is 31.2 Å². The number of pyridine rings is 2. The molecule has 0 aliphatic rings. The van der Waals surface area contributed by atoms with Crippen LogP contribution in [0.3, 0.4) is 0 Å². The zero-order valence-electron chi connectivity index (χ0n) is 39.1. The Bertz CT molecular complexity index is 3240. The van der Waals surface area contributed by atoms with Crippen LogP contribution in [0.1, 0.15) is 66.3 Å². The van der Waals surface area contributed by atoms with E-state index >= 15 is 0 Å². The highest BCUT2D eigenvalue weighted by atomic mass is 35.5. The van der Waals surface area contributed by atoms with Crippen LogP contribution in [0.4, 0.5) is 28.9 Å². The van der Waals surface area contributed by atoms with Gasteiger partial charge in [-0.05, 0) is 115 Å². The smallest absolute Gasteiger partial charge is 0.335 e. The van der Waals surface area contributed by atoms with Gasteiger partial charge in [-0.25, -0.2) is 27.2 Å². The summed E-state index contributed by atoms with van der Waals surface area (Å²) in [7, 11) is 0. The molecule has 2 atom stereocenters. The number of amides is 2. The van der Waals surface area contributed by atoms with Crippen LogP contribution in [0.15, 0.2) is 158 Å². The first kappa shape index (κ1) is 53.2. The van der Waals surface area contributed by atoms with E-state index in [0.29, 0.717) is 26.4 Å². The lowest BCUT2D eigenvalue weighted by Gasteiger charge is -2.19. The molecule has 8 rings (SSSR count). The molecular formula is C56H42Cl2F4N4O8. The van der Waals surface area contributed by atoms with Crippen LogP contribution in [0, 0.1) is 47.5 Å². The van der Waals surface area contributed by atoms with Crippen LogP contribution in [0.2, 0.25) is 10.0 Å². The molecule has 0 bridgehead atoms. The fourth-order valence-corrected chi connectivity index (χ4v) is 8.43. The second kappa shape index (κ2) is 23.3. The highest BCUT2D eigenvalue weighted by Gasteiger charge is 2.33. The lowest BCUT2D eigenvalue weighted by Crippen LogP contribution is -2.41. The number of nitrogens with zero attached hydrogens (tertiary/aromatic N) is 2. The summed E-state index contributed by atoms with van der Waals surface area (Å²) >= 11 is 11.7. The number of aromatic nitrogens is 2. The number of halogens is 6. The van der Waals surface area contributed by atoms with Crippen LogP contribution < -0.4 is 20.1 Å². The van der Waals surface area contributed by atoms with Crippen molar-refractivity contribution in [2.45, 2.75) is 38.5 Å². The Morgan fingerprint density at radius 3 is 1.41 bits per heavy atom. The second-order valence-electron chi connectivity index (χ2n) is 16.8. The molecule has 2 heterocycles. The van der Waals surface area contributed by atoms with Crippen molar-refractivity contribution >= 4 is 58.3 Å². The van der Waals surface area contributed by atoms with Gasteiger partial charge in [-0.2, -0.15) is 9.46 Å². The van der Waals surface area contributed by atoms with Gasteiger partial charge in [0, 0.05) is 30.4 Å². The van der Waals surface area contributed by atoms with Gasteiger partial charge in [-0.1, -0.05) is 83.9 Å². The molecule has 0 fully saturated rings. The van der Waals surface area contributed by atoms with Crippen LogP contribution >= 0.6 is 23.2 Å². The first-order valence-electron chi connectivity index (χ1n) is 22.4. The Balaban J connectivity index is 0.000000216. The monoisotopic (exact) mass is 1040 g/mol. The molecule has 0 spiro atoms. The number of carbonyl (C=O) groups is 4. The molecule has 0 saturated heterocycles. The quantitative estimate of drug-likeness (QED) is 0.0358. The number of carbonyl (C=O) groups excluding carboxylic acids is 2. The summed E-state index contributed by atoms with van der Waals surface area (Å²) in [5.41, 5.74) is 2.09. The Labute approximate surface area is 430 Å². The van der Waals surface area contributed by atoms with Gasteiger partial charge >= 0.3 is 11.9 Å². The molecule has 2 unspecified atom stereocenters. The molecule has 0 saturated carbocycles. The molecule has 4 N–H and O–H groups in total. The van der Waals surface area contributed by atoms with Crippen molar-refractivity contribution in [1.29, 1.82) is 0 Å². The molecule has 18 heteroatoms. The largest absolute Gasteiger partial charge is 0.618 e. The fraction of sp³-hybridized carbons (Fsp3) is 0.107. The first-order valence-corrected chi connectivity index (χ1v) is 23.2. The lowest BCUT2D eigenvalue weighted by molar-refractivity contribution is -0.620. The zero-order valence-corrected chi connectivity index (χ0v) is 40.6. The Hall–Kier alpha value is -8.60. The van der Waals surface area contributed by atoms with Gasteiger partial charge in [-0.15, -0.1) is 0 Å². The maximum atomic E-state index is 14.7. The average molecular weight is 1050 g/mol. The number of carboxylic acid groups (broad SMARTS) is 2. The predicted octanol–water partition coefficient (Wildman–Crippen LogP) is 11.8. The van der Waals surface area contributed by atoms with E-state index in [4.69, 9.17) is 33.4 Å². The number of hydrogen-bond acceptors (Lipinski definition) is 6. The van der Waals surface area contributed by atoms with E-state index in [-0.39, 0.29) is 62.2 Å². The highest BCUT2D eigenvalue weighted by Crippen LogP contribution is 2.35. The molecule has 2 aromatic heterocycles. The highest BCUT2D eigenvalue weighted by molar-refractivity contribution is 6.31. The minimum absolute atomic E-state index is 0.00533. The Kier molecular flexibility index (Phi) is 16.8. The van der Waals surface area contributed by atoms with E-state index in [2.05, 4.69) is 10.6 Å². The van der Waals surface area contributed by atoms with Crippen LogP contribution in [0.25, 0.3) is 22.3 Å². The molecule has 376 valence electrons. The molecular weight excluding hydrogens is 1000 g/mol. The number of aryl methyl sites for hydroxylation is 1. The summed E-state index contributed by atoms with van der Waals surface area (Å²) in [6, 6.07) is 37.7. The van der Waals surface area contributed by atoms with Crippen molar-refractivity contribution in [1.82, 2.24) is 0 Å². The fourth-order valence-electron chi connectivity index (χ4n) is 8.12. The molecule has 0 aliphatic heterocycles. The summed E-state index contributed by atoms with van der Waals surface area (Å²) in [6.07, 6.45) is 1.37. The predicted molar refractivity (Wildman–Crippen MR) is 271 cm³/mol. The molecule has 74 heavy (non-hydrogen) atoms. The number of aromatic carboxylic acids is 2. The number of anilines is 2. The third-order valence-electron chi connectivity index (χ3n) is 12.0. The molecule has 0 radical (unpaired) electrons. The van der Waals surface area contributed by atoms with Gasteiger partial charge < -0.3 is 31.3 Å². The summed E-state index contributed by atoms with van der Waals surface area (Å²) < 4.78 is 59.3. The van der Waals surface area contributed by atoms with Crippen molar-refractivity contribution in [3.8, 4) is 22.3 Å². The van der Waals surface area contributed by atoms with E-state index in [1.807, 2.05) is 36.4 Å². The van der Waals surface area contributed by atoms with Crippen LogP contribution in [-0.4, -0.2) is 34.0 Å². The van der Waals surface area contributed by atoms with Crippen molar-refractivity contribution in [3.05, 3.63) is 246 Å². The minimum atomic E-state index is -1.10. The normalized spacial score (nSPS) is 11.7. The van der Waals surface area contributed by atoms with E-state index in [1.165, 1.54) is 73.7 Å². The summed E-state index contributed by atoms with van der Waals surface area (Å²) in [5.74, 6) is -8.89. The van der Waals surface area contributed by atoms with Crippen molar-refractivity contribution in [3.63, 3.8) is 0 Å². The standard InChI is InChI=1S/2C28H21ClF2N2O4/c1-16-20(25-23(30)13-12-22(29)26(25)31)11-14-24(33(16)37)21(15-17-5-3-2-4-6-17)27(34)32-19-9-7-18(8-10-19)28(35)36;1-16-13-24(33(37)15-21(16)25-23(30)12-11-22(29)26(25)31)20(14-17-5-3-2-4-6-17)27(34)32-19-9-7-18(8-10-19)28(35)36/h2-14,21H,15H2,1H3,(H,32,34)(H,35,36);2-13,15,20H,14H2,1H3,(H,32,34)(H,35,36). The van der Waals surface area contributed by atoms with Gasteiger partial charge in [0.2, 0.25) is 23.2 Å². The summed E-state index contributed by atoms with van der Waals surface area (Å²) in [5, 5.41) is 49.6. The minimum Gasteiger partial charge on any atom is -0.618 e. The van der Waals surface area contributed by atoms with E-state index in [9.17, 15) is 47.2 Å². The van der Waals surface area contributed by atoms with Gasteiger partial charge in [0.15, 0.2) is 23.5 Å². The third kappa shape index (κ3) is 12.2. The summed E-state index contributed by atoms with van der Waals surface area (Å²) in [6.45, 7) is 2.99. The number of nitrogens with one attached hydrogen (secondary N) is 2. The molecule has 0 aliphatic carbocycles. The SMILES string of the molecule is Cc1c(-c2c(F)ccc(Cl)c2F)ccc(C(Cc2ccccc2)C(=O)Nc2ccc(C(=O)O)cc2)[n+]1[O-].Cc1cc(C(Cc2ccccc2)C(=O)Nc2ccc(C(=O)O)cc2)[n+]([O-])cc1-c1c(F)ccc(Cl)c1F. The van der Waals surface area contributed by atoms with E-state index < -0.39 is 70.0 Å². The van der Waals surface area contributed by atoms with Crippen molar-refractivity contribution in [2.24, 2.45) is 0 Å². The Morgan fingerprint density at radius 1 is 0.554 bits per heavy atom. The van der Waals surface area contributed by atoms with Gasteiger partial charge in [-0.3, -0.25) is 9.59 Å². The van der Waals surface area contributed by atoms with Crippen molar-refractivity contribution < 1.29 is 56.4 Å². The maximum absolute atomic E-state index is 14.7. The maximum Gasteiger partial charge on any atom is 0.335 e. The van der Waals surface area contributed by atoms with Gasteiger partial charge in [0.05, 0.1) is 43.4 Å². The molecule has 12 nitrogen and oxygen atoms in total. The van der Waals surface area contributed by atoms with Crippen molar-refractivity contribution in [2.75, 3.05) is 10.6 Å². The number of carboxylic acids is 2. The topological polar surface area (TPSA) is 187 Å². The van der Waals surface area contributed by atoms with E-state index in [0.717, 1.165) is 41.6 Å². The van der Waals surface area contributed by atoms with Crippen LogP contribution in [0.5, 0.6) is 0 Å².